The van der Waals surface area contributed by atoms with Gasteiger partial charge in [-0.2, -0.15) is 0 Å². The van der Waals surface area contributed by atoms with Crippen molar-refractivity contribution in [2.24, 2.45) is 5.92 Å². The molecule has 2 aromatic carbocycles. The fraction of sp³-hybridized carbons (Fsp3) is 0.318. The highest BCUT2D eigenvalue weighted by Crippen LogP contribution is 2.26. The van der Waals surface area contributed by atoms with Gasteiger partial charge in [-0.25, -0.2) is 0 Å². The zero-order valence-corrected chi connectivity index (χ0v) is 18.1. The lowest BCUT2D eigenvalue weighted by Gasteiger charge is -2.16. The SMILES string of the molecule is CCCCN1C[C@@H](C(=O)Nc2ccc(C(=O)Nc3cc(Cl)ccc3Cl)cc2)CC1=O. The summed E-state index contributed by atoms with van der Waals surface area (Å²) < 4.78 is 0. The van der Waals surface area contributed by atoms with E-state index in [1.807, 2.05) is 0 Å². The highest BCUT2D eigenvalue weighted by atomic mass is 35.5. The maximum atomic E-state index is 12.5. The van der Waals surface area contributed by atoms with Crippen LogP contribution in [0, 0.1) is 5.92 Å². The smallest absolute Gasteiger partial charge is 0.255 e. The standard InChI is InChI=1S/C22H23Cl2N3O3/c1-2-3-10-27-13-15(11-20(27)28)22(30)25-17-7-4-14(5-8-17)21(29)26-19-12-16(23)6-9-18(19)24/h4-9,12,15H,2-3,10-11,13H2,1H3,(H,25,30)(H,26,29)/t15-/m0/s1. The number of carbonyl (C=O) groups is 3. The molecular formula is C22H23Cl2N3O3. The van der Waals surface area contributed by atoms with Gasteiger partial charge < -0.3 is 15.5 Å². The first-order valence-electron chi connectivity index (χ1n) is 9.82. The molecule has 0 aromatic heterocycles. The molecular weight excluding hydrogens is 425 g/mol. The molecule has 2 N–H and O–H groups in total. The Morgan fingerprint density at radius 3 is 2.53 bits per heavy atom. The number of hydrogen-bond acceptors (Lipinski definition) is 3. The number of rotatable bonds is 7. The lowest BCUT2D eigenvalue weighted by Crippen LogP contribution is -2.29. The molecule has 30 heavy (non-hydrogen) atoms. The third-order valence-electron chi connectivity index (χ3n) is 4.96. The molecule has 1 aliphatic heterocycles. The normalized spacial score (nSPS) is 15.9. The Kier molecular flexibility index (Phi) is 7.34. The van der Waals surface area contributed by atoms with E-state index in [1.54, 1.807) is 47.4 Å². The van der Waals surface area contributed by atoms with E-state index in [0.717, 1.165) is 12.8 Å². The number of unbranched alkanes of at least 4 members (excludes halogenated alkanes) is 1. The molecule has 2 aromatic rings. The van der Waals surface area contributed by atoms with Crippen molar-refractivity contribution in [2.45, 2.75) is 26.2 Å². The molecule has 158 valence electrons. The fourth-order valence-corrected chi connectivity index (χ4v) is 3.59. The lowest BCUT2D eigenvalue weighted by atomic mass is 10.1. The van der Waals surface area contributed by atoms with E-state index in [-0.39, 0.29) is 30.1 Å². The zero-order valence-electron chi connectivity index (χ0n) is 16.6. The van der Waals surface area contributed by atoms with E-state index in [4.69, 9.17) is 23.2 Å². The van der Waals surface area contributed by atoms with E-state index in [0.29, 0.717) is 40.1 Å². The van der Waals surface area contributed by atoms with Crippen LogP contribution in [0.4, 0.5) is 11.4 Å². The van der Waals surface area contributed by atoms with Gasteiger partial charge in [0.25, 0.3) is 5.91 Å². The summed E-state index contributed by atoms with van der Waals surface area (Å²) in [5.74, 6) is -0.868. The van der Waals surface area contributed by atoms with Gasteiger partial charge in [-0.05, 0) is 48.9 Å². The predicted molar refractivity (Wildman–Crippen MR) is 119 cm³/mol. The van der Waals surface area contributed by atoms with E-state index < -0.39 is 0 Å². The van der Waals surface area contributed by atoms with Crippen molar-refractivity contribution in [3.63, 3.8) is 0 Å². The van der Waals surface area contributed by atoms with Gasteiger partial charge in [-0.3, -0.25) is 14.4 Å². The molecule has 1 aliphatic rings. The van der Waals surface area contributed by atoms with E-state index in [1.165, 1.54) is 0 Å². The van der Waals surface area contributed by atoms with Crippen LogP contribution < -0.4 is 10.6 Å². The Bertz CT molecular complexity index is 947. The summed E-state index contributed by atoms with van der Waals surface area (Å²) in [4.78, 5) is 38.7. The van der Waals surface area contributed by atoms with Crippen molar-refractivity contribution in [1.29, 1.82) is 0 Å². The van der Waals surface area contributed by atoms with Gasteiger partial charge in [0.1, 0.15) is 0 Å². The summed E-state index contributed by atoms with van der Waals surface area (Å²) in [5, 5.41) is 6.39. The predicted octanol–water partition coefficient (Wildman–Crippen LogP) is 4.83. The highest BCUT2D eigenvalue weighted by molar-refractivity contribution is 6.35. The van der Waals surface area contributed by atoms with Crippen molar-refractivity contribution < 1.29 is 14.4 Å². The molecule has 0 radical (unpaired) electrons. The number of anilines is 2. The number of hydrogen-bond donors (Lipinski definition) is 2. The van der Waals surface area contributed by atoms with Gasteiger partial charge in [0.15, 0.2) is 0 Å². The van der Waals surface area contributed by atoms with E-state index >= 15 is 0 Å². The maximum absolute atomic E-state index is 12.5. The number of amides is 3. The van der Waals surface area contributed by atoms with Crippen molar-refractivity contribution >= 4 is 52.3 Å². The van der Waals surface area contributed by atoms with Gasteiger partial charge in [0, 0.05) is 35.8 Å². The molecule has 8 heteroatoms. The monoisotopic (exact) mass is 447 g/mol. The second-order valence-electron chi connectivity index (χ2n) is 7.24. The number of nitrogens with one attached hydrogen (secondary N) is 2. The molecule has 0 aliphatic carbocycles. The number of benzene rings is 2. The molecule has 0 bridgehead atoms. The number of halogens is 2. The zero-order chi connectivity index (χ0) is 21.7. The highest BCUT2D eigenvalue weighted by Gasteiger charge is 2.33. The Morgan fingerprint density at radius 2 is 1.83 bits per heavy atom. The summed E-state index contributed by atoms with van der Waals surface area (Å²) in [6.45, 7) is 3.21. The van der Waals surface area contributed by atoms with Crippen LogP contribution in [0.1, 0.15) is 36.5 Å². The van der Waals surface area contributed by atoms with Gasteiger partial charge in [-0.15, -0.1) is 0 Å². The van der Waals surface area contributed by atoms with Crippen LogP contribution in [0.3, 0.4) is 0 Å². The molecule has 0 unspecified atom stereocenters. The average Bonchev–Trinajstić information content (AvgIpc) is 3.10. The molecule has 0 saturated carbocycles. The minimum atomic E-state index is -0.359. The van der Waals surface area contributed by atoms with Gasteiger partial charge in [0.05, 0.1) is 16.6 Å². The fourth-order valence-electron chi connectivity index (χ4n) is 3.25. The minimum absolute atomic E-state index is 0.0234. The first-order chi connectivity index (χ1) is 14.4. The molecule has 3 rings (SSSR count). The summed E-state index contributed by atoms with van der Waals surface area (Å²) >= 11 is 12.0. The van der Waals surface area contributed by atoms with Crippen molar-refractivity contribution in [2.75, 3.05) is 23.7 Å². The van der Waals surface area contributed by atoms with E-state index in [2.05, 4.69) is 17.6 Å². The van der Waals surface area contributed by atoms with Crippen LogP contribution in [0.2, 0.25) is 10.0 Å². The summed E-state index contributed by atoms with van der Waals surface area (Å²) in [5.41, 5.74) is 1.40. The first-order valence-corrected chi connectivity index (χ1v) is 10.6. The third-order valence-corrected chi connectivity index (χ3v) is 5.52. The second-order valence-corrected chi connectivity index (χ2v) is 8.08. The maximum Gasteiger partial charge on any atom is 0.255 e. The average molecular weight is 448 g/mol. The molecule has 1 heterocycles. The Balaban J connectivity index is 1.58. The Morgan fingerprint density at radius 1 is 1.10 bits per heavy atom. The molecule has 1 fully saturated rings. The molecule has 0 spiro atoms. The van der Waals surface area contributed by atoms with E-state index in [9.17, 15) is 14.4 Å². The molecule has 3 amide bonds. The lowest BCUT2D eigenvalue weighted by molar-refractivity contribution is -0.128. The van der Waals surface area contributed by atoms with Crippen molar-refractivity contribution in [1.82, 2.24) is 4.90 Å². The molecule has 1 atom stereocenters. The van der Waals surface area contributed by atoms with Gasteiger partial charge >= 0.3 is 0 Å². The summed E-state index contributed by atoms with van der Waals surface area (Å²) in [6, 6.07) is 11.3. The van der Waals surface area contributed by atoms with Crippen molar-refractivity contribution in [3.8, 4) is 0 Å². The Hall–Kier alpha value is -2.57. The Labute approximate surface area is 185 Å². The van der Waals surface area contributed by atoms with Crippen LogP contribution in [-0.4, -0.2) is 35.7 Å². The van der Waals surface area contributed by atoms with Crippen LogP contribution >= 0.6 is 23.2 Å². The van der Waals surface area contributed by atoms with Crippen LogP contribution in [0.25, 0.3) is 0 Å². The second kappa shape index (κ2) is 9.96. The molecule has 1 saturated heterocycles. The topological polar surface area (TPSA) is 78.5 Å². The van der Waals surface area contributed by atoms with Crippen molar-refractivity contribution in [3.05, 3.63) is 58.1 Å². The van der Waals surface area contributed by atoms with Crippen LogP contribution in [0.15, 0.2) is 42.5 Å². The molecule has 6 nitrogen and oxygen atoms in total. The van der Waals surface area contributed by atoms with Crippen LogP contribution in [-0.2, 0) is 9.59 Å². The van der Waals surface area contributed by atoms with Crippen LogP contribution in [0.5, 0.6) is 0 Å². The van der Waals surface area contributed by atoms with Gasteiger partial charge in [-0.1, -0.05) is 36.5 Å². The number of likely N-dealkylation sites (tertiary alicyclic amines) is 1. The summed E-state index contributed by atoms with van der Waals surface area (Å²) in [7, 11) is 0. The van der Waals surface area contributed by atoms with Gasteiger partial charge in [0.2, 0.25) is 11.8 Å². The number of nitrogens with zero attached hydrogens (tertiary/aromatic N) is 1. The minimum Gasteiger partial charge on any atom is -0.342 e. The summed E-state index contributed by atoms with van der Waals surface area (Å²) in [6.07, 6.45) is 2.17. The first kappa shape index (κ1) is 22.1. The quantitative estimate of drug-likeness (QED) is 0.637. The number of carbonyl (C=O) groups excluding carboxylic acids is 3. The third kappa shape index (κ3) is 5.52. The largest absolute Gasteiger partial charge is 0.342 e.